The molecule has 0 unspecified atom stereocenters. The molecule has 9 heteroatoms. The van der Waals surface area contributed by atoms with Gasteiger partial charge in [0.05, 0.1) is 17.2 Å². The normalized spacial score (nSPS) is 11.0. The third kappa shape index (κ3) is 5.42. The molecule has 0 aliphatic rings. The van der Waals surface area contributed by atoms with Crippen LogP contribution in [0.5, 0.6) is 0 Å². The lowest BCUT2D eigenvalue weighted by atomic mass is 10.2. The molecule has 25 heavy (non-hydrogen) atoms. The number of halogens is 3. The zero-order valence-electron chi connectivity index (χ0n) is 12.7. The van der Waals surface area contributed by atoms with Gasteiger partial charge in [-0.15, -0.1) is 0 Å². The van der Waals surface area contributed by atoms with Gasteiger partial charge in [-0.05, 0) is 47.5 Å². The SMILES string of the molecule is COC(=O)/C(=C\c1ccc(Sc2ccc(Cl)c(Cl)c2)cc1Br)N=[N+]=[N-]. The van der Waals surface area contributed by atoms with Crippen molar-refractivity contribution in [2.45, 2.75) is 9.79 Å². The molecule has 2 aromatic rings. The average Bonchev–Trinajstić information content (AvgIpc) is 2.59. The van der Waals surface area contributed by atoms with Gasteiger partial charge in [0.25, 0.3) is 0 Å². The maximum absolute atomic E-state index is 11.6. The Labute approximate surface area is 166 Å². The zero-order chi connectivity index (χ0) is 18.4. The minimum atomic E-state index is -0.709. The summed E-state index contributed by atoms with van der Waals surface area (Å²) in [4.78, 5) is 16.1. The third-order valence-corrected chi connectivity index (χ3v) is 5.34. The van der Waals surface area contributed by atoms with Crippen molar-refractivity contribution < 1.29 is 9.53 Å². The van der Waals surface area contributed by atoms with Gasteiger partial charge < -0.3 is 4.74 Å². The molecular formula is C16H10BrCl2N3O2S. The molecule has 0 radical (unpaired) electrons. The quantitative estimate of drug-likeness (QED) is 0.164. The van der Waals surface area contributed by atoms with Crippen LogP contribution in [0.25, 0.3) is 16.5 Å². The van der Waals surface area contributed by atoms with Crippen molar-refractivity contribution in [2.75, 3.05) is 7.11 Å². The molecular weight excluding hydrogens is 449 g/mol. The summed E-state index contributed by atoms with van der Waals surface area (Å²) in [5.41, 5.74) is 9.10. The number of carbonyl (C=O) groups excluding carboxylic acids is 1. The third-order valence-electron chi connectivity index (χ3n) is 2.94. The van der Waals surface area contributed by atoms with Gasteiger partial charge in [-0.25, -0.2) is 4.79 Å². The van der Waals surface area contributed by atoms with Crippen molar-refractivity contribution in [3.8, 4) is 0 Å². The number of methoxy groups -OCH3 is 1. The van der Waals surface area contributed by atoms with Gasteiger partial charge in [-0.2, -0.15) is 0 Å². The molecule has 0 spiro atoms. The molecule has 0 bridgehead atoms. The first-order valence-electron chi connectivity index (χ1n) is 6.72. The van der Waals surface area contributed by atoms with E-state index in [4.69, 9.17) is 28.7 Å². The number of hydrogen-bond acceptors (Lipinski definition) is 4. The Balaban J connectivity index is 2.29. The Kier molecular flexibility index (Phi) is 7.23. The van der Waals surface area contributed by atoms with Crippen LogP contribution in [0, 0.1) is 0 Å². The number of esters is 1. The van der Waals surface area contributed by atoms with Crippen LogP contribution in [0.15, 0.2) is 61.5 Å². The van der Waals surface area contributed by atoms with E-state index in [2.05, 4.69) is 30.7 Å². The lowest BCUT2D eigenvalue weighted by Gasteiger charge is -2.06. The van der Waals surface area contributed by atoms with Crippen LogP contribution in [0.4, 0.5) is 0 Å². The predicted octanol–water partition coefficient (Wildman–Crippen LogP) is 6.73. The molecule has 5 nitrogen and oxygen atoms in total. The second kappa shape index (κ2) is 9.17. The van der Waals surface area contributed by atoms with E-state index in [1.54, 1.807) is 18.2 Å². The van der Waals surface area contributed by atoms with E-state index in [-0.39, 0.29) is 5.70 Å². The summed E-state index contributed by atoms with van der Waals surface area (Å²) in [6.45, 7) is 0. The molecule has 2 aromatic carbocycles. The van der Waals surface area contributed by atoms with Crippen molar-refractivity contribution in [1.82, 2.24) is 0 Å². The molecule has 0 saturated carbocycles. The van der Waals surface area contributed by atoms with Crippen LogP contribution in [0.3, 0.4) is 0 Å². The standard InChI is InChI=1S/C16H10BrCl2N3O2S/c1-24-16(23)15(21-22-20)6-9-2-3-10(7-12(9)17)25-11-4-5-13(18)14(19)8-11/h2-8H,1H3/b15-6+. The van der Waals surface area contributed by atoms with E-state index in [1.165, 1.54) is 24.9 Å². The monoisotopic (exact) mass is 457 g/mol. The minimum absolute atomic E-state index is 0.129. The van der Waals surface area contributed by atoms with Crippen LogP contribution >= 0.6 is 50.9 Å². The van der Waals surface area contributed by atoms with E-state index >= 15 is 0 Å². The number of azide groups is 1. The minimum Gasteiger partial charge on any atom is -0.466 e. The van der Waals surface area contributed by atoms with Crippen LogP contribution < -0.4 is 0 Å². The van der Waals surface area contributed by atoms with E-state index in [9.17, 15) is 4.79 Å². The van der Waals surface area contributed by atoms with Crippen LogP contribution in [0.2, 0.25) is 10.0 Å². The molecule has 0 aliphatic carbocycles. The van der Waals surface area contributed by atoms with Gasteiger partial charge in [-0.3, -0.25) is 0 Å². The van der Waals surface area contributed by atoms with Crippen LogP contribution in [-0.2, 0) is 9.53 Å². The van der Waals surface area contributed by atoms with Crippen LogP contribution in [-0.4, -0.2) is 13.1 Å². The van der Waals surface area contributed by atoms with E-state index in [0.29, 0.717) is 15.6 Å². The maximum Gasteiger partial charge on any atom is 0.340 e. The molecule has 0 heterocycles. The molecule has 0 fully saturated rings. The van der Waals surface area contributed by atoms with Gasteiger partial charge in [-0.1, -0.05) is 62.1 Å². The highest BCUT2D eigenvalue weighted by Gasteiger charge is 2.10. The fraction of sp³-hybridized carbons (Fsp3) is 0.0625. The number of ether oxygens (including phenoxy) is 1. The van der Waals surface area contributed by atoms with Crippen molar-refractivity contribution in [1.29, 1.82) is 0 Å². The largest absolute Gasteiger partial charge is 0.466 e. The molecule has 2 rings (SSSR count). The Morgan fingerprint density at radius 1 is 1.24 bits per heavy atom. The van der Waals surface area contributed by atoms with Crippen molar-refractivity contribution in [3.05, 3.63) is 72.6 Å². The average molecular weight is 459 g/mol. The van der Waals surface area contributed by atoms with Gasteiger partial charge >= 0.3 is 5.97 Å². The Morgan fingerprint density at radius 3 is 2.52 bits per heavy atom. The highest BCUT2D eigenvalue weighted by atomic mass is 79.9. The highest BCUT2D eigenvalue weighted by Crippen LogP contribution is 2.34. The fourth-order valence-electron chi connectivity index (χ4n) is 1.79. The second-order valence-corrected chi connectivity index (χ2v) is 7.39. The summed E-state index contributed by atoms with van der Waals surface area (Å²) in [6, 6.07) is 10.9. The molecule has 0 saturated heterocycles. The number of benzene rings is 2. The first kappa shape index (κ1) is 19.7. The van der Waals surface area contributed by atoms with E-state index in [1.807, 2.05) is 18.2 Å². The molecule has 0 aliphatic heterocycles. The molecule has 0 atom stereocenters. The lowest BCUT2D eigenvalue weighted by Crippen LogP contribution is -2.02. The van der Waals surface area contributed by atoms with Gasteiger partial charge in [0, 0.05) is 19.2 Å². The smallest absolute Gasteiger partial charge is 0.340 e. The lowest BCUT2D eigenvalue weighted by molar-refractivity contribution is -0.136. The molecule has 0 aromatic heterocycles. The highest BCUT2D eigenvalue weighted by molar-refractivity contribution is 9.10. The summed E-state index contributed by atoms with van der Waals surface area (Å²) in [7, 11) is 1.22. The van der Waals surface area contributed by atoms with Gasteiger partial charge in [0.15, 0.2) is 0 Å². The maximum atomic E-state index is 11.6. The summed E-state index contributed by atoms with van der Waals surface area (Å²) >= 11 is 16.9. The van der Waals surface area contributed by atoms with Crippen LogP contribution in [0.1, 0.15) is 5.56 Å². The van der Waals surface area contributed by atoms with Crippen molar-refractivity contribution in [2.24, 2.45) is 5.11 Å². The Bertz CT molecular complexity index is 899. The number of rotatable bonds is 5. The first-order chi connectivity index (χ1) is 11.9. The molecule has 128 valence electrons. The van der Waals surface area contributed by atoms with E-state index < -0.39 is 5.97 Å². The Hall–Kier alpha value is -1.63. The number of hydrogen-bond donors (Lipinski definition) is 0. The summed E-state index contributed by atoms with van der Waals surface area (Å²) in [5.74, 6) is -0.709. The molecule has 0 N–H and O–H groups in total. The number of carbonyl (C=O) groups is 1. The fourth-order valence-corrected chi connectivity index (χ4v) is 3.70. The summed E-state index contributed by atoms with van der Waals surface area (Å²) in [5, 5.41) is 4.34. The topological polar surface area (TPSA) is 75.1 Å². The number of nitrogens with zero attached hydrogens (tertiary/aromatic N) is 3. The zero-order valence-corrected chi connectivity index (χ0v) is 16.7. The van der Waals surface area contributed by atoms with E-state index in [0.717, 1.165) is 14.3 Å². The Morgan fingerprint density at radius 2 is 1.92 bits per heavy atom. The molecule has 0 amide bonds. The predicted molar refractivity (Wildman–Crippen MR) is 104 cm³/mol. The second-order valence-electron chi connectivity index (χ2n) is 4.57. The van der Waals surface area contributed by atoms with Gasteiger partial charge in [0.1, 0.15) is 5.70 Å². The summed E-state index contributed by atoms with van der Waals surface area (Å²) < 4.78 is 5.31. The summed E-state index contributed by atoms with van der Waals surface area (Å²) in [6.07, 6.45) is 1.45. The first-order valence-corrected chi connectivity index (χ1v) is 9.08. The van der Waals surface area contributed by atoms with Gasteiger partial charge in [0.2, 0.25) is 0 Å². The van der Waals surface area contributed by atoms with Crippen molar-refractivity contribution >= 4 is 62.9 Å². The van der Waals surface area contributed by atoms with Crippen molar-refractivity contribution in [3.63, 3.8) is 0 Å².